The standard InChI is InChI=1S/C10H10N2O2S/c1-2-7(13)8-9(14)12-10(15-8)6-3-4-11-5-6/h4-5,14H,2-3H2,1H3. The summed E-state index contributed by atoms with van der Waals surface area (Å²) in [5, 5.41) is 10.2. The molecule has 0 saturated carbocycles. The first-order valence-electron chi connectivity index (χ1n) is 4.66. The van der Waals surface area contributed by atoms with Gasteiger partial charge in [0.1, 0.15) is 9.88 Å². The first-order chi connectivity index (χ1) is 7.22. The maximum atomic E-state index is 11.4. The summed E-state index contributed by atoms with van der Waals surface area (Å²) < 4.78 is 0. The molecular formula is C10H10N2O2S. The molecule has 78 valence electrons. The Morgan fingerprint density at radius 3 is 3.07 bits per heavy atom. The molecule has 1 aromatic rings. The lowest BCUT2D eigenvalue weighted by atomic mass is 10.2. The van der Waals surface area contributed by atoms with Crippen molar-refractivity contribution in [1.82, 2.24) is 4.98 Å². The van der Waals surface area contributed by atoms with Gasteiger partial charge in [-0.25, -0.2) is 4.98 Å². The summed E-state index contributed by atoms with van der Waals surface area (Å²) in [5.74, 6) is -0.231. The number of ketones is 1. The second-order valence-corrected chi connectivity index (χ2v) is 4.14. The molecule has 0 aromatic carbocycles. The molecule has 1 aromatic heterocycles. The summed E-state index contributed by atoms with van der Waals surface area (Å²) in [6.07, 6.45) is 4.57. The maximum Gasteiger partial charge on any atom is 0.233 e. The zero-order chi connectivity index (χ0) is 10.8. The molecule has 0 spiro atoms. The van der Waals surface area contributed by atoms with Crippen LogP contribution in [0.15, 0.2) is 11.2 Å². The molecule has 0 amide bonds. The molecular weight excluding hydrogens is 212 g/mol. The number of thiazole rings is 1. The van der Waals surface area contributed by atoms with Crippen LogP contribution in [0.5, 0.6) is 5.88 Å². The Kier molecular flexibility index (Phi) is 2.64. The number of allylic oxidation sites excluding steroid dienone is 1. The quantitative estimate of drug-likeness (QED) is 0.798. The third kappa shape index (κ3) is 1.83. The molecule has 0 aliphatic carbocycles. The molecule has 0 bridgehead atoms. The summed E-state index contributed by atoms with van der Waals surface area (Å²) in [5.41, 5.74) is 0.949. The fourth-order valence-corrected chi connectivity index (χ4v) is 2.27. The van der Waals surface area contributed by atoms with Crippen molar-refractivity contribution in [3.05, 3.63) is 16.1 Å². The van der Waals surface area contributed by atoms with E-state index >= 15 is 0 Å². The van der Waals surface area contributed by atoms with Gasteiger partial charge in [-0.2, -0.15) is 0 Å². The van der Waals surface area contributed by atoms with E-state index in [2.05, 4.69) is 9.98 Å². The van der Waals surface area contributed by atoms with Crippen LogP contribution in [-0.2, 0) is 0 Å². The molecule has 0 fully saturated rings. The highest BCUT2D eigenvalue weighted by Gasteiger charge is 2.18. The minimum Gasteiger partial charge on any atom is -0.492 e. The lowest BCUT2D eigenvalue weighted by Gasteiger charge is -1.91. The largest absolute Gasteiger partial charge is 0.492 e. The highest BCUT2D eigenvalue weighted by Crippen LogP contribution is 2.32. The first kappa shape index (κ1) is 10.0. The van der Waals surface area contributed by atoms with E-state index < -0.39 is 0 Å². The highest BCUT2D eigenvalue weighted by atomic mass is 32.1. The van der Waals surface area contributed by atoms with E-state index in [1.807, 2.05) is 0 Å². The van der Waals surface area contributed by atoms with Crippen molar-refractivity contribution in [2.24, 2.45) is 4.99 Å². The average Bonchev–Trinajstić information content (AvgIpc) is 2.84. The summed E-state index contributed by atoms with van der Waals surface area (Å²) in [4.78, 5) is 19.7. The molecule has 1 aliphatic heterocycles. The Balaban J connectivity index is 2.33. The maximum absolute atomic E-state index is 11.4. The van der Waals surface area contributed by atoms with E-state index in [1.54, 1.807) is 19.3 Å². The van der Waals surface area contributed by atoms with E-state index in [1.165, 1.54) is 11.3 Å². The van der Waals surface area contributed by atoms with Crippen LogP contribution in [0.2, 0.25) is 0 Å². The fraction of sp³-hybridized carbons (Fsp3) is 0.300. The molecule has 15 heavy (non-hydrogen) atoms. The van der Waals surface area contributed by atoms with Crippen molar-refractivity contribution in [1.29, 1.82) is 0 Å². The van der Waals surface area contributed by atoms with Crippen LogP contribution >= 0.6 is 11.3 Å². The van der Waals surface area contributed by atoms with Crippen LogP contribution in [-0.4, -0.2) is 22.1 Å². The Bertz CT molecular complexity index is 460. The number of carbonyl (C=O) groups excluding carboxylic acids is 1. The van der Waals surface area contributed by atoms with Gasteiger partial charge in [0.25, 0.3) is 0 Å². The average molecular weight is 222 g/mol. The number of hydrogen-bond donors (Lipinski definition) is 1. The third-order valence-electron chi connectivity index (χ3n) is 2.11. The fourth-order valence-electron chi connectivity index (χ4n) is 1.28. The highest BCUT2D eigenvalue weighted by molar-refractivity contribution is 7.15. The first-order valence-corrected chi connectivity index (χ1v) is 5.48. The molecule has 1 aliphatic rings. The Morgan fingerprint density at radius 1 is 1.67 bits per heavy atom. The van der Waals surface area contributed by atoms with Crippen LogP contribution in [0, 0.1) is 0 Å². The van der Waals surface area contributed by atoms with Gasteiger partial charge in [0.05, 0.1) is 0 Å². The van der Waals surface area contributed by atoms with E-state index in [9.17, 15) is 9.90 Å². The minimum atomic E-state index is -0.158. The van der Waals surface area contributed by atoms with Crippen molar-refractivity contribution in [3.63, 3.8) is 0 Å². The van der Waals surface area contributed by atoms with Gasteiger partial charge in [-0.1, -0.05) is 6.92 Å². The normalized spacial score (nSPS) is 14.3. The van der Waals surface area contributed by atoms with Crippen molar-refractivity contribution < 1.29 is 9.90 Å². The van der Waals surface area contributed by atoms with Gasteiger partial charge in [0, 0.05) is 30.8 Å². The zero-order valence-corrected chi connectivity index (χ0v) is 9.04. The molecule has 4 nitrogen and oxygen atoms in total. The number of carbonyl (C=O) groups is 1. The Morgan fingerprint density at radius 2 is 2.47 bits per heavy atom. The van der Waals surface area contributed by atoms with E-state index in [0.29, 0.717) is 22.7 Å². The van der Waals surface area contributed by atoms with Crippen molar-refractivity contribution in [2.75, 3.05) is 0 Å². The van der Waals surface area contributed by atoms with Crippen LogP contribution in [0.1, 0.15) is 34.4 Å². The van der Waals surface area contributed by atoms with Crippen molar-refractivity contribution in [3.8, 4) is 5.88 Å². The van der Waals surface area contributed by atoms with Crippen molar-refractivity contribution >= 4 is 28.9 Å². The summed E-state index contributed by atoms with van der Waals surface area (Å²) in [7, 11) is 0. The second-order valence-electron chi connectivity index (χ2n) is 3.14. The molecule has 0 radical (unpaired) electrons. The minimum absolute atomic E-state index is 0.0734. The zero-order valence-electron chi connectivity index (χ0n) is 8.23. The lowest BCUT2D eigenvalue weighted by molar-refractivity contribution is 0.0989. The van der Waals surface area contributed by atoms with Crippen LogP contribution in [0.3, 0.4) is 0 Å². The number of hydrogen-bond acceptors (Lipinski definition) is 5. The van der Waals surface area contributed by atoms with Crippen LogP contribution in [0.25, 0.3) is 5.57 Å². The molecule has 1 N–H and O–H groups in total. The predicted molar refractivity (Wildman–Crippen MR) is 59.5 cm³/mol. The lowest BCUT2D eigenvalue weighted by Crippen LogP contribution is -1.92. The Hall–Kier alpha value is -1.49. The topological polar surface area (TPSA) is 62.5 Å². The predicted octanol–water partition coefficient (Wildman–Crippen LogP) is 2.26. The third-order valence-corrected chi connectivity index (χ3v) is 3.27. The molecule has 0 unspecified atom stereocenters. The SMILES string of the molecule is CCC(=O)c1sc(C2=CN=CC2)nc1O. The number of Topliss-reactive ketones (excluding diaryl/α,β-unsaturated/α-hetero) is 1. The number of aromatic nitrogens is 1. The molecule has 5 heteroatoms. The molecule has 2 rings (SSSR count). The van der Waals surface area contributed by atoms with Crippen molar-refractivity contribution in [2.45, 2.75) is 19.8 Å². The summed E-state index contributed by atoms with van der Waals surface area (Å²) >= 11 is 1.23. The Labute approximate surface area is 91.0 Å². The van der Waals surface area contributed by atoms with E-state index in [0.717, 1.165) is 5.57 Å². The van der Waals surface area contributed by atoms with Gasteiger partial charge in [0.15, 0.2) is 5.78 Å². The van der Waals surface area contributed by atoms with E-state index in [4.69, 9.17) is 0 Å². The van der Waals surface area contributed by atoms with Crippen LogP contribution in [0.4, 0.5) is 0 Å². The molecule has 0 saturated heterocycles. The number of aliphatic imine (C=N–C) groups is 1. The molecule has 0 atom stereocenters. The van der Waals surface area contributed by atoms with Gasteiger partial charge >= 0.3 is 0 Å². The summed E-state index contributed by atoms with van der Waals surface area (Å²) in [6, 6.07) is 0. The van der Waals surface area contributed by atoms with Gasteiger partial charge < -0.3 is 5.11 Å². The second kappa shape index (κ2) is 3.94. The smallest absolute Gasteiger partial charge is 0.233 e. The van der Waals surface area contributed by atoms with Gasteiger partial charge in [0.2, 0.25) is 5.88 Å². The number of nitrogens with zero attached hydrogens (tertiary/aromatic N) is 2. The van der Waals surface area contributed by atoms with Gasteiger partial charge in [-0.05, 0) is 0 Å². The van der Waals surface area contributed by atoms with Crippen LogP contribution < -0.4 is 0 Å². The number of rotatable bonds is 3. The summed E-state index contributed by atoms with van der Waals surface area (Å²) in [6.45, 7) is 1.76. The van der Waals surface area contributed by atoms with Gasteiger partial charge in [-0.15, -0.1) is 11.3 Å². The monoisotopic (exact) mass is 222 g/mol. The van der Waals surface area contributed by atoms with E-state index in [-0.39, 0.29) is 11.7 Å². The van der Waals surface area contributed by atoms with Gasteiger partial charge in [-0.3, -0.25) is 9.79 Å². The number of aromatic hydroxyl groups is 1. The molecule has 2 heterocycles.